The predicted octanol–water partition coefficient (Wildman–Crippen LogP) is 3.67. The van der Waals surface area contributed by atoms with Crippen molar-refractivity contribution in [2.24, 2.45) is 5.73 Å². The number of benzene rings is 1. The first-order chi connectivity index (χ1) is 7.65. The predicted molar refractivity (Wildman–Crippen MR) is 67.1 cm³/mol. The molecule has 0 atom stereocenters. The van der Waals surface area contributed by atoms with Crippen LogP contribution in [0.2, 0.25) is 0 Å². The van der Waals surface area contributed by atoms with Crippen molar-refractivity contribution in [3.63, 3.8) is 0 Å². The van der Waals surface area contributed by atoms with E-state index in [1.54, 1.807) is 17.8 Å². The van der Waals surface area contributed by atoms with E-state index >= 15 is 0 Å². The highest BCUT2D eigenvalue weighted by Crippen LogP contribution is 2.39. The molecule has 1 fully saturated rings. The Morgan fingerprint density at radius 2 is 1.94 bits per heavy atom. The Balaban J connectivity index is 2.40. The highest BCUT2D eigenvalue weighted by Gasteiger charge is 2.31. The third kappa shape index (κ3) is 2.25. The molecule has 0 spiro atoms. The molecule has 0 radical (unpaired) electrons. The summed E-state index contributed by atoms with van der Waals surface area (Å²) in [6.45, 7) is 0. The summed E-state index contributed by atoms with van der Waals surface area (Å²) in [6.07, 6.45) is 7.53. The first-order valence-electron chi connectivity index (χ1n) is 5.79. The molecule has 1 saturated carbocycles. The van der Waals surface area contributed by atoms with Crippen molar-refractivity contribution in [3.8, 4) is 0 Å². The van der Waals surface area contributed by atoms with Crippen molar-refractivity contribution in [3.05, 3.63) is 29.6 Å². The molecule has 0 heterocycles. The number of hydrogen-bond acceptors (Lipinski definition) is 2. The lowest BCUT2D eigenvalue weighted by Gasteiger charge is -2.35. The second kappa shape index (κ2) is 4.76. The minimum Gasteiger partial charge on any atom is -0.321 e. The van der Waals surface area contributed by atoms with Gasteiger partial charge in [-0.1, -0.05) is 19.3 Å². The highest BCUT2D eigenvalue weighted by atomic mass is 32.2. The number of halogens is 1. The van der Waals surface area contributed by atoms with Crippen molar-refractivity contribution in [1.29, 1.82) is 0 Å². The summed E-state index contributed by atoms with van der Waals surface area (Å²) in [4.78, 5) is 1.12. The summed E-state index contributed by atoms with van der Waals surface area (Å²) in [5.74, 6) is -0.178. The molecule has 0 amide bonds. The molecule has 0 aromatic heterocycles. The fourth-order valence-electron chi connectivity index (χ4n) is 2.52. The van der Waals surface area contributed by atoms with Gasteiger partial charge in [0.25, 0.3) is 0 Å². The molecule has 0 saturated heterocycles. The van der Waals surface area contributed by atoms with Gasteiger partial charge in [0.15, 0.2) is 0 Å². The van der Waals surface area contributed by atoms with E-state index in [-0.39, 0.29) is 11.4 Å². The van der Waals surface area contributed by atoms with Gasteiger partial charge in [0.1, 0.15) is 5.82 Å². The topological polar surface area (TPSA) is 26.0 Å². The summed E-state index contributed by atoms with van der Waals surface area (Å²) in [6, 6.07) is 4.98. The molecule has 1 aliphatic carbocycles. The van der Waals surface area contributed by atoms with Gasteiger partial charge in [-0.05, 0) is 42.9 Å². The average Bonchev–Trinajstić information content (AvgIpc) is 2.30. The summed E-state index contributed by atoms with van der Waals surface area (Å²) in [5.41, 5.74) is 7.14. The van der Waals surface area contributed by atoms with Gasteiger partial charge >= 0.3 is 0 Å². The van der Waals surface area contributed by atoms with Crippen LogP contribution in [0.25, 0.3) is 0 Å². The average molecular weight is 239 g/mol. The second-order valence-corrected chi connectivity index (χ2v) is 5.41. The number of nitrogens with two attached hydrogens (primary N) is 1. The van der Waals surface area contributed by atoms with Crippen LogP contribution in [-0.2, 0) is 5.54 Å². The Labute approximate surface area is 101 Å². The van der Waals surface area contributed by atoms with Crippen LogP contribution >= 0.6 is 11.8 Å². The van der Waals surface area contributed by atoms with Crippen LogP contribution < -0.4 is 5.73 Å². The zero-order chi connectivity index (χ0) is 11.6. The van der Waals surface area contributed by atoms with Gasteiger partial charge in [-0.25, -0.2) is 4.39 Å². The Kier molecular flexibility index (Phi) is 3.55. The van der Waals surface area contributed by atoms with E-state index in [1.165, 1.54) is 12.5 Å². The quantitative estimate of drug-likeness (QED) is 0.797. The van der Waals surface area contributed by atoms with E-state index in [9.17, 15) is 4.39 Å². The van der Waals surface area contributed by atoms with Crippen LogP contribution in [0, 0.1) is 5.82 Å². The normalized spacial score (nSPS) is 19.7. The maximum atomic E-state index is 13.3. The van der Waals surface area contributed by atoms with Gasteiger partial charge in [0.2, 0.25) is 0 Å². The zero-order valence-electron chi connectivity index (χ0n) is 9.63. The largest absolute Gasteiger partial charge is 0.321 e. The first kappa shape index (κ1) is 11.9. The van der Waals surface area contributed by atoms with E-state index in [2.05, 4.69) is 0 Å². The van der Waals surface area contributed by atoms with Crippen LogP contribution in [0.4, 0.5) is 4.39 Å². The molecule has 0 unspecified atom stereocenters. The van der Waals surface area contributed by atoms with Gasteiger partial charge in [0.05, 0.1) is 0 Å². The molecule has 2 rings (SSSR count). The zero-order valence-corrected chi connectivity index (χ0v) is 10.4. The maximum absolute atomic E-state index is 13.3. The molecule has 1 aromatic carbocycles. The molecular weight excluding hydrogens is 221 g/mol. The molecule has 0 aliphatic heterocycles. The minimum absolute atomic E-state index is 0.178. The van der Waals surface area contributed by atoms with Crippen molar-refractivity contribution in [2.75, 3.05) is 6.26 Å². The minimum atomic E-state index is -0.307. The van der Waals surface area contributed by atoms with Crippen molar-refractivity contribution >= 4 is 11.8 Å². The lowest BCUT2D eigenvalue weighted by Crippen LogP contribution is -2.39. The van der Waals surface area contributed by atoms with Crippen LogP contribution in [0.5, 0.6) is 0 Å². The van der Waals surface area contributed by atoms with Crippen molar-refractivity contribution in [1.82, 2.24) is 0 Å². The highest BCUT2D eigenvalue weighted by molar-refractivity contribution is 7.98. The van der Waals surface area contributed by atoms with E-state index in [4.69, 9.17) is 5.73 Å². The summed E-state index contributed by atoms with van der Waals surface area (Å²) in [5, 5.41) is 0. The maximum Gasteiger partial charge on any atom is 0.123 e. The Hall–Kier alpha value is -0.540. The van der Waals surface area contributed by atoms with Crippen LogP contribution in [-0.4, -0.2) is 6.26 Å². The van der Waals surface area contributed by atoms with Crippen LogP contribution in [0.3, 0.4) is 0 Å². The van der Waals surface area contributed by atoms with Crippen LogP contribution in [0.15, 0.2) is 23.1 Å². The smallest absolute Gasteiger partial charge is 0.123 e. The summed E-state index contributed by atoms with van der Waals surface area (Å²) >= 11 is 1.65. The summed E-state index contributed by atoms with van der Waals surface area (Å²) in [7, 11) is 0. The fourth-order valence-corrected chi connectivity index (χ4v) is 3.21. The Morgan fingerprint density at radius 3 is 2.56 bits per heavy atom. The third-order valence-corrected chi connectivity index (χ3v) is 4.24. The molecule has 16 heavy (non-hydrogen) atoms. The molecule has 3 heteroatoms. The van der Waals surface area contributed by atoms with E-state index < -0.39 is 0 Å². The van der Waals surface area contributed by atoms with Crippen molar-refractivity contribution in [2.45, 2.75) is 42.5 Å². The first-order valence-corrected chi connectivity index (χ1v) is 7.01. The van der Waals surface area contributed by atoms with E-state index in [0.29, 0.717) is 0 Å². The number of thioether (sulfide) groups is 1. The van der Waals surface area contributed by atoms with Gasteiger partial charge < -0.3 is 5.73 Å². The molecule has 0 bridgehead atoms. The van der Waals surface area contributed by atoms with Crippen LogP contribution in [0.1, 0.15) is 37.7 Å². The van der Waals surface area contributed by atoms with Gasteiger partial charge in [-0.3, -0.25) is 0 Å². The van der Waals surface area contributed by atoms with E-state index in [0.717, 1.165) is 36.1 Å². The van der Waals surface area contributed by atoms with Gasteiger partial charge in [-0.2, -0.15) is 0 Å². The molecule has 1 aromatic rings. The molecular formula is C13H18FNS. The lowest BCUT2D eigenvalue weighted by molar-refractivity contribution is 0.297. The Morgan fingerprint density at radius 1 is 1.25 bits per heavy atom. The number of rotatable bonds is 2. The van der Waals surface area contributed by atoms with Gasteiger partial charge in [-0.15, -0.1) is 11.8 Å². The molecule has 2 N–H and O–H groups in total. The second-order valence-electron chi connectivity index (χ2n) is 4.56. The third-order valence-electron chi connectivity index (χ3n) is 3.44. The van der Waals surface area contributed by atoms with Gasteiger partial charge in [0, 0.05) is 10.4 Å². The molecule has 1 nitrogen and oxygen atoms in total. The number of hydrogen-bond donors (Lipinski definition) is 1. The Bertz CT molecular complexity index is 372. The van der Waals surface area contributed by atoms with E-state index in [1.807, 2.05) is 12.3 Å². The summed E-state index contributed by atoms with van der Waals surface area (Å²) < 4.78 is 13.3. The lowest BCUT2D eigenvalue weighted by atomic mass is 9.77. The fraction of sp³-hybridized carbons (Fsp3) is 0.538. The van der Waals surface area contributed by atoms with Crippen molar-refractivity contribution < 1.29 is 4.39 Å². The standard InChI is InChI=1S/C13H18FNS/c1-16-12-6-5-10(14)9-11(12)13(15)7-3-2-4-8-13/h5-6,9H,2-4,7-8,15H2,1H3. The molecule has 1 aliphatic rings. The SMILES string of the molecule is CSc1ccc(F)cc1C1(N)CCCCC1. The molecule has 88 valence electrons. The monoisotopic (exact) mass is 239 g/mol.